The molecule has 3 N–H and O–H groups in total. The molecule has 0 spiro atoms. The fourth-order valence-corrected chi connectivity index (χ4v) is 1.46. The first kappa shape index (κ1) is 12.7. The fourth-order valence-electron chi connectivity index (χ4n) is 0.861. The Morgan fingerprint density at radius 3 is 2.13 bits per heavy atom. The molecule has 0 amide bonds. The lowest BCUT2D eigenvalue weighted by atomic mass is 10.2. The Kier molecular flexibility index (Phi) is 3.01. The van der Waals surface area contributed by atoms with E-state index >= 15 is 0 Å². The monoisotopic (exact) mass is 282 g/mol. The van der Waals surface area contributed by atoms with Gasteiger partial charge in [-0.25, -0.2) is 9.98 Å². The highest BCUT2D eigenvalue weighted by Crippen LogP contribution is 2.51. The summed E-state index contributed by atoms with van der Waals surface area (Å²) >= 11 is 15.7. The minimum Gasteiger partial charge on any atom is -0.370 e. The molecular weight excluding hydrogens is 279 g/mol. The number of hydrogen-bond acceptors (Lipinski definition) is 4. The molecule has 1 atom stereocenters. The zero-order valence-electron chi connectivity index (χ0n) is 6.82. The van der Waals surface area contributed by atoms with Crippen LogP contribution in [0.15, 0.2) is 9.98 Å². The number of alkyl halides is 6. The second-order valence-electron chi connectivity index (χ2n) is 2.57. The van der Waals surface area contributed by atoms with Crippen LogP contribution in [0.2, 0.25) is 0 Å². The topological polar surface area (TPSA) is 62.8 Å². The van der Waals surface area contributed by atoms with Gasteiger partial charge in [0.2, 0.25) is 3.79 Å². The summed E-state index contributed by atoms with van der Waals surface area (Å²) in [5, 5.41) is 2.14. The zero-order chi connectivity index (χ0) is 11.9. The number of aliphatic imine (C=N–C) groups is 2. The smallest absolute Gasteiger partial charge is 0.370 e. The van der Waals surface area contributed by atoms with Crippen molar-refractivity contribution in [3.05, 3.63) is 0 Å². The van der Waals surface area contributed by atoms with Gasteiger partial charge in [-0.3, -0.25) is 0 Å². The summed E-state index contributed by atoms with van der Waals surface area (Å²) in [7, 11) is 0. The lowest BCUT2D eigenvalue weighted by Crippen LogP contribution is -2.57. The molecule has 1 aliphatic rings. The van der Waals surface area contributed by atoms with Crippen LogP contribution in [0.25, 0.3) is 0 Å². The molecule has 10 heteroatoms. The van der Waals surface area contributed by atoms with E-state index in [9.17, 15) is 13.2 Å². The summed E-state index contributed by atoms with van der Waals surface area (Å²) in [4.78, 5) is 6.05. The van der Waals surface area contributed by atoms with Crippen molar-refractivity contribution in [3.63, 3.8) is 0 Å². The molecule has 0 fully saturated rings. The lowest BCUT2D eigenvalue weighted by Gasteiger charge is -2.35. The predicted molar refractivity (Wildman–Crippen MR) is 52.3 cm³/mol. The van der Waals surface area contributed by atoms with Gasteiger partial charge < -0.3 is 11.1 Å². The van der Waals surface area contributed by atoms with Crippen LogP contribution in [-0.2, 0) is 0 Å². The molecule has 0 aliphatic carbocycles. The van der Waals surface area contributed by atoms with E-state index in [4.69, 9.17) is 40.5 Å². The Morgan fingerprint density at radius 2 is 1.87 bits per heavy atom. The van der Waals surface area contributed by atoms with Crippen molar-refractivity contribution in [1.29, 1.82) is 0 Å². The van der Waals surface area contributed by atoms with Crippen molar-refractivity contribution in [2.75, 3.05) is 0 Å². The summed E-state index contributed by atoms with van der Waals surface area (Å²) in [5.74, 6) is -0.534. The van der Waals surface area contributed by atoms with Crippen molar-refractivity contribution in [3.8, 4) is 0 Å². The minimum absolute atomic E-state index is 0.534. The average molecular weight is 283 g/mol. The second-order valence-corrected chi connectivity index (χ2v) is 4.85. The molecule has 0 radical (unpaired) electrons. The highest BCUT2D eigenvalue weighted by molar-refractivity contribution is 6.68. The molecule has 0 aromatic carbocycles. The van der Waals surface area contributed by atoms with E-state index in [0.717, 1.165) is 0 Å². The maximum Gasteiger partial charge on any atom is 0.438 e. The Morgan fingerprint density at radius 1 is 1.33 bits per heavy atom. The Bertz CT molecular complexity index is 304. The van der Waals surface area contributed by atoms with Crippen LogP contribution >= 0.6 is 34.8 Å². The fraction of sp³-hybridized carbons (Fsp3) is 0.600. The standard InChI is InChI=1S/C5H4Cl3F3N4/c6-4(7,8)3(5(9,10)11)14-1-13-2(12)15-3/h1H,(H3,12,13,14,15). The maximum absolute atomic E-state index is 12.7. The first-order valence-electron chi connectivity index (χ1n) is 3.39. The van der Waals surface area contributed by atoms with Crippen molar-refractivity contribution >= 4 is 47.1 Å². The van der Waals surface area contributed by atoms with Crippen LogP contribution in [0.4, 0.5) is 13.2 Å². The molecule has 15 heavy (non-hydrogen) atoms. The molecule has 1 unspecified atom stereocenters. The first-order chi connectivity index (χ1) is 6.60. The van der Waals surface area contributed by atoms with E-state index in [-0.39, 0.29) is 0 Å². The van der Waals surface area contributed by atoms with E-state index in [0.29, 0.717) is 6.34 Å². The quantitative estimate of drug-likeness (QED) is 0.663. The van der Waals surface area contributed by atoms with E-state index in [1.807, 2.05) is 0 Å². The molecule has 1 rings (SSSR count). The van der Waals surface area contributed by atoms with E-state index < -0.39 is 21.6 Å². The molecule has 0 saturated carbocycles. The molecule has 1 heterocycles. The van der Waals surface area contributed by atoms with Gasteiger partial charge in [-0.05, 0) is 0 Å². The summed E-state index contributed by atoms with van der Waals surface area (Å²) in [6.45, 7) is 0. The number of nitrogens with two attached hydrogens (primary N) is 1. The minimum atomic E-state index is -4.97. The molecule has 86 valence electrons. The Hall–Kier alpha value is -0.400. The third-order valence-electron chi connectivity index (χ3n) is 1.54. The maximum atomic E-state index is 12.7. The number of nitrogens with one attached hydrogen (secondary N) is 1. The van der Waals surface area contributed by atoms with Crippen LogP contribution in [0, 0.1) is 0 Å². The third kappa shape index (κ3) is 2.09. The molecule has 0 aromatic heterocycles. The number of halogens is 6. The van der Waals surface area contributed by atoms with Crippen molar-refractivity contribution in [1.82, 2.24) is 5.32 Å². The molecular formula is C5H4Cl3F3N4. The lowest BCUT2D eigenvalue weighted by molar-refractivity contribution is -0.181. The van der Waals surface area contributed by atoms with Crippen LogP contribution in [0.1, 0.15) is 0 Å². The van der Waals surface area contributed by atoms with Crippen LogP contribution in [0.3, 0.4) is 0 Å². The molecule has 4 nitrogen and oxygen atoms in total. The number of rotatable bonds is 0. The van der Waals surface area contributed by atoms with Gasteiger partial charge in [0.1, 0.15) is 0 Å². The Balaban J connectivity index is 3.32. The number of hydrogen-bond donors (Lipinski definition) is 2. The van der Waals surface area contributed by atoms with Gasteiger partial charge in [0, 0.05) is 0 Å². The average Bonchev–Trinajstić information content (AvgIpc) is 1.99. The van der Waals surface area contributed by atoms with Gasteiger partial charge in [0.15, 0.2) is 5.96 Å². The van der Waals surface area contributed by atoms with Crippen LogP contribution < -0.4 is 11.1 Å². The number of guanidine groups is 1. The van der Waals surface area contributed by atoms with Gasteiger partial charge in [0.05, 0.1) is 6.34 Å². The summed E-state index contributed by atoms with van der Waals surface area (Å²) in [5.41, 5.74) is 1.87. The summed E-state index contributed by atoms with van der Waals surface area (Å²) in [6.07, 6.45) is -4.29. The van der Waals surface area contributed by atoms with Gasteiger partial charge >= 0.3 is 6.18 Å². The van der Waals surface area contributed by atoms with Gasteiger partial charge in [0.25, 0.3) is 5.66 Å². The molecule has 0 aromatic rings. The normalized spacial score (nSPS) is 27.2. The van der Waals surface area contributed by atoms with Gasteiger partial charge in [-0.15, -0.1) is 0 Å². The SMILES string of the molecule is NC1=NC(C(F)(F)F)(C(Cl)(Cl)Cl)N=CN1. The molecule has 1 aliphatic heterocycles. The molecule has 0 saturated heterocycles. The summed E-state index contributed by atoms with van der Waals surface area (Å²) < 4.78 is 35.3. The van der Waals surface area contributed by atoms with Crippen LogP contribution in [0.5, 0.6) is 0 Å². The highest BCUT2D eigenvalue weighted by atomic mass is 35.6. The van der Waals surface area contributed by atoms with E-state index in [2.05, 4.69) is 15.3 Å². The Labute approximate surface area is 97.3 Å². The highest BCUT2D eigenvalue weighted by Gasteiger charge is 2.68. The van der Waals surface area contributed by atoms with Crippen LogP contribution in [-0.4, -0.2) is 27.9 Å². The molecule has 0 bridgehead atoms. The summed E-state index contributed by atoms with van der Waals surface area (Å²) in [6, 6.07) is 0. The van der Waals surface area contributed by atoms with Crippen molar-refractivity contribution in [2.45, 2.75) is 15.6 Å². The van der Waals surface area contributed by atoms with Crippen molar-refractivity contribution in [2.24, 2.45) is 15.7 Å². The zero-order valence-corrected chi connectivity index (χ0v) is 9.08. The van der Waals surface area contributed by atoms with E-state index in [1.54, 1.807) is 0 Å². The third-order valence-corrected chi connectivity index (χ3v) is 2.33. The first-order valence-corrected chi connectivity index (χ1v) is 4.52. The largest absolute Gasteiger partial charge is 0.438 e. The van der Waals surface area contributed by atoms with Gasteiger partial charge in [-0.2, -0.15) is 13.2 Å². The second kappa shape index (κ2) is 3.57. The predicted octanol–water partition coefficient (Wildman–Crippen LogP) is 1.56. The van der Waals surface area contributed by atoms with Crippen molar-refractivity contribution < 1.29 is 13.2 Å². The van der Waals surface area contributed by atoms with E-state index in [1.165, 1.54) is 0 Å². The van der Waals surface area contributed by atoms with Gasteiger partial charge in [-0.1, -0.05) is 34.8 Å². The number of nitrogens with zero attached hydrogens (tertiary/aromatic N) is 2.